The quantitative estimate of drug-likeness (QED) is 0.199. The van der Waals surface area contributed by atoms with Gasteiger partial charge in [-0.15, -0.1) is 10.2 Å². The molecule has 0 fully saturated rings. The van der Waals surface area contributed by atoms with E-state index in [0.29, 0.717) is 39.2 Å². The van der Waals surface area contributed by atoms with E-state index in [-0.39, 0.29) is 11.1 Å². The number of nitrogens with zero attached hydrogens (tertiary/aromatic N) is 5. The highest BCUT2D eigenvalue weighted by molar-refractivity contribution is 7.17. The highest BCUT2D eigenvalue weighted by Gasteiger charge is 2.44. The second kappa shape index (κ2) is 10.4. The van der Waals surface area contributed by atoms with E-state index < -0.39 is 5.92 Å². The smallest absolute Gasteiger partial charge is 0.208 e. The molecule has 7 aromatic rings. The Morgan fingerprint density at radius 1 is 0.432 bits per heavy atom. The van der Waals surface area contributed by atoms with E-state index >= 15 is 8.78 Å². The molecule has 0 bridgehead atoms. The molecule has 1 aliphatic rings. The normalized spacial score (nSPS) is 13.0. The van der Waals surface area contributed by atoms with Gasteiger partial charge in [-0.2, -0.15) is 8.78 Å². The van der Waals surface area contributed by atoms with Crippen molar-refractivity contribution >= 4 is 11.3 Å². The van der Waals surface area contributed by atoms with Gasteiger partial charge >= 0.3 is 0 Å². The molecule has 0 unspecified atom stereocenters. The van der Waals surface area contributed by atoms with Crippen LogP contribution < -0.4 is 0 Å². The standard InChI is InChI=1S/C36H21F2N5S/c37-36(38)29-18-16-25(33-40-31(22-10-4-1-5-11-22)39-32(41-33)23-12-6-2-7-13-23)20-27(29)28-21-26(17-19-30(28)36)35-43-42-34(44-35)24-14-8-3-9-15-24/h1-21H. The Morgan fingerprint density at radius 3 is 1.36 bits per heavy atom. The van der Waals surface area contributed by atoms with Gasteiger partial charge in [-0.3, -0.25) is 0 Å². The molecule has 1 aliphatic carbocycles. The van der Waals surface area contributed by atoms with Crippen LogP contribution >= 0.6 is 11.3 Å². The van der Waals surface area contributed by atoms with E-state index in [1.54, 1.807) is 24.3 Å². The van der Waals surface area contributed by atoms with Gasteiger partial charge in [0.15, 0.2) is 17.5 Å². The number of halogens is 2. The third-order valence-electron chi connectivity index (χ3n) is 7.66. The van der Waals surface area contributed by atoms with Crippen LogP contribution in [0.3, 0.4) is 0 Å². The molecule has 210 valence electrons. The van der Waals surface area contributed by atoms with Crippen LogP contribution in [0.5, 0.6) is 0 Å². The molecule has 44 heavy (non-hydrogen) atoms. The van der Waals surface area contributed by atoms with Gasteiger partial charge in [-0.1, -0.05) is 127 Å². The minimum absolute atomic E-state index is 0.0354. The molecule has 5 nitrogen and oxygen atoms in total. The zero-order chi connectivity index (χ0) is 29.7. The Kier molecular flexibility index (Phi) is 6.16. The molecule has 0 aliphatic heterocycles. The largest absolute Gasteiger partial charge is 0.299 e. The monoisotopic (exact) mass is 593 g/mol. The van der Waals surface area contributed by atoms with E-state index in [4.69, 9.17) is 15.0 Å². The van der Waals surface area contributed by atoms with Crippen LogP contribution in [0.25, 0.3) is 66.4 Å². The number of rotatable bonds is 5. The molecule has 0 atom stereocenters. The predicted molar refractivity (Wildman–Crippen MR) is 169 cm³/mol. The summed E-state index contributed by atoms with van der Waals surface area (Å²) in [4.78, 5) is 14.3. The topological polar surface area (TPSA) is 64.5 Å². The first-order valence-corrected chi connectivity index (χ1v) is 14.8. The Labute approximate surface area is 255 Å². The number of alkyl halides is 2. The van der Waals surface area contributed by atoms with Crippen LogP contribution in [0.2, 0.25) is 0 Å². The summed E-state index contributed by atoms with van der Waals surface area (Å²) < 4.78 is 31.5. The average Bonchev–Trinajstić information content (AvgIpc) is 3.67. The Balaban J connectivity index is 1.25. The fraction of sp³-hybridized carbons (Fsp3) is 0.0278. The zero-order valence-electron chi connectivity index (χ0n) is 23.0. The highest BCUT2D eigenvalue weighted by atomic mass is 32.1. The fourth-order valence-electron chi connectivity index (χ4n) is 5.47. The van der Waals surface area contributed by atoms with E-state index in [0.717, 1.165) is 27.3 Å². The molecular formula is C36H21F2N5S. The lowest BCUT2D eigenvalue weighted by atomic mass is 10.0. The number of hydrogen-bond donors (Lipinski definition) is 0. The second-order valence-corrected chi connectivity index (χ2v) is 11.4. The van der Waals surface area contributed by atoms with Crippen molar-refractivity contribution in [2.24, 2.45) is 0 Å². The molecule has 2 aromatic heterocycles. The average molecular weight is 594 g/mol. The zero-order valence-corrected chi connectivity index (χ0v) is 23.8. The van der Waals surface area contributed by atoms with Crippen LogP contribution in [-0.4, -0.2) is 25.1 Å². The highest BCUT2D eigenvalue weighted by Crippen LogP contribution is 2.52. The van der Waals surface area contributed by atoms with Gasteiger partial charge in [0, 0.05) is 38.9 Å². The maximum Gasteiger partial charge on any atom is 0.299 e. The van der Waals surface area contributed by atoms with Crippen molar-refractivity contribution in [3.63, 3.8) is 0 Å². The van der Waals surface area contributed by atoms with Crippen LogP contribution in [0, 0.1) is 0 Å². The third kappa shape index (κ3) is 4.47. The minimum atomic E-state index is -3.14. The summed E-state index contributed by atoms with van der Waals surface area (Å²) >= 11 is 1.43. The molecule has 0 amide bonds. The van der Waals surface area contributed by atoms with Gasteiger partial charge in [0.2, 0.25) is 0 Å². The van der Waals surface area contributed by atoms with Gasteiger partial charge in [0.1, 0.15) is 10.0 Å². The number of fused-ring (bicyclic) bond motifs is 3. The lowest BCUT2D eigenvalue weighted by molar-refractivity contribution is 0.0480. The molecule has 5 aromatic carbocycles. The van der Waals surface area contributed by atoms with Crippen molar-refractivity contribution in [3.8, 4) is 66.4 Å². The van der Waals surface area contributed by atoms with Crippen LogP contribution in [0.4, 0.5) is 8.78 Å². The summed E-state index contributed by atoms with van der Waals surface area (Å²) in [5.41, 5.74) is 4.81. The lowest BCUT2D eigenvalue weighted by Crippen LogP contribution is -2.10. The molecule has 0 saturated heterocycles. The van der Waals surface area contributed by atoms with Crippen LogP contribution in [0.1, 0.15) is 11.1 Å². The molecule has 8 heteroatoms. The van der Waals surface area contributed by atoms with E-state index in [2.05, 4.69) is 10.2 Å². The Hall–Kier alpha value is -5.47. The maximum absolute atomic E-state index is 15.7. The van der Waals surface area contributed by atoms with Gasteiger partial charge in [0.25, 0.3) is 5.92 Å². The van der Waals surface area contributed by atoms with Crippen molar-refractivity contribution in [1.29, 1.82) is 0 Å². The molecule has 0 saturated carbocycles. The van der Waals surface area contributed by atoms with Gasteiger partial charge in [-0.25, -0.2) is 15.0 Å². The lowest BCUT2D eigenvalue weighted by Gasteiger charge is -2.13. The number of benzene rings is 5. The van der Waals surface area contributed by atoms with Gasteiger partial charge in [0.05, 0.1) is 0 Å². The number of aromatic nitrogens is 5. The summed E-state index contributed by atoms with van der Waals surface area (Å²) in [6, 6.07) is 39.0. The fourth-order valence-corrected chi connectivity index (χ4v) is 6.32. The summed E-state index contributed by atoms with van der Waals surface area (Å²) in [7, 11) is 0. The van der Waals surface area contributed by atoms with Crippen molar-refractivity contribution < 1.29 is 8.78 Å². The first kappa shape index (κ1) is 26.2. The van der Waals surface area contributed by atoms with E-state index in [1.807, 2.05) is 91.0 Å². The molecule has 8 rings (SSSR count). The van der Waals surface area contributed by atoms with Crippen molar-refractivity contribution in [2.75, 3.05) is 0 Å². The van der Waals surface area contributed by atoms with Gasteiger partial charge in [-0.05, 0) is 23.3 Å². The SMILES string of the molecule is FC1(F)c2ccc(-c3nc(-c4ccccc4)nc(-c4ccccc4)n3)cc2-c2cc(-c3nnc(-c4ccccc4)s3)ccc21. The van der Waals surface area contributed by atoms with E-state index in [1.165, 1.54) is 23.5 Å². The van der Waals surface area contributed by atoms with Crippen molar-refractivity contribution in [3.05, 3.63) is 139 Å². The summed E-state index contributed by atoms with van der Waals surface area (Å²) in [6.45, 7) is 0. The maximum atomic E-state index is 15.7. The molecular weight excluding hydrogens is 572 g/mol. The van der Waals surface area contributed by atoms with Crippen LogP contribution in [-0.2, 0) is 5.92 Å². The molecule has 0 N–H and O–H groups in total. The summed E-state index contributed by atoms with van der Waals surface area (Å²) in [6.07, 6.45) is 0. The first-order valence-electron chi connectivity index (χ1n) is 14.0. The van der Waals surface area contributed by atoms with Gasteiger partial charge < -0.3 is 0 Å². The Bertz CT molecular complexity index is 2090. The first-order chi connectivity index (χ1) is 21.5. The minimum Gasteiger partial charge on any atom is -0.208 e. The predicted octanol–water partition coefficient (Wildman–Crippen LogP) is 9.18. The summed E-state index contributed by atoms with van der Waals surface area (Å²) in [5.74, 6) is -1.71. The molecule has 0 spiro atoms. The second-order valence-electron chi connectivity index (χ2n) is 10.4. The number of hydrogen-bond acceptors (Lipinski definition) is 6. The van der Waals surface area contributed by atoms with Crippen LogP contribution in [0.15, 0.2) is 127 Å². The molecule has 2 heterocycles. The van der Waals surface area contributed by atoms with E-state index in [9.17, 15) is 0 Å². The summed E-state index contributed by atoms with van der Waals surface area (Å²) in [5, 5.41) is 10.2. The van der Waals surface area contributed by atoms with Crippen molar-refractivity contribution in [1.82, 2.24) is 25.1 Å². The van der Waals surface area contributed by atoms with Crippen molar-refractivity contribution in [2.45, 2.75) is 5.92 Å². The molecule has 0 radical (unpaired) electrons. The third-order valence-corrected chi connectivity index (χ3v) is 8.68. The Morgan fingerprint density at radius 2 is 0.841 bits per heavy atom.